The molecule has 0 aliphatic heterocycles. The van der Waals surface area contributed by atoms with Crippen LogP contribution in [0.3, 0.4) is 0 Å². The summed E-state index contributed by atoms with van der Waals surface area (Å²) in [4.78, 5) is 0. The fourth-order valence-electron chi connectivity index (χ4n) is 2.89. The summed E-state index contributed by atoms with van der Waals surface area (Å²) in [5.41, 5.74) is 0. The summed E-state index contributed by atoms with van der Waals surface area (Å²) in [6.07, 6.45) is 15.6. The molecule has 1 rings (SSSR count). The summed E-state index contributed by atoms with van der Waals surface area (Å²) in [5, 5.41) is 3.90. The Labute approximate surface area is 102 Å². The van der Waals surface area contributed by atoms with Crippen LogP contribution in [0.5, 0.6) is 0 Å². The van der Waals surface area contributed by atoms with Crippen LogP contribution in [0.15, 0.2) is 0 Å². The highest BCUT2D eigenvalue weighted by molar-refractivity contribution is 4.74. The van der Waals surface area contributed by atoms with Crippen molar-refractivity contribution in [2.24, 2.45) is 0 Å². The predicted molar refractivity (Wildman–Crippen MR) is 72.8 cm³/mol. The molecular weight excluding hydrogens is 194 g/mol. The van der Waals surface area contributed by atoms with Crippen molar-refractivity contribution in [3.63, 3.8) is 0 Å². The number of nitrogens with one attached hydrogen (secondary N) is 1. The fourth-order valence-corrected chi connectivity index (χ4v) is 2.89. The number of rotatable bonds is 5. The maximum absolute atomic E-state index is 3.90. The molecule has 0 bridgehead atoms. The second kappa shape index (κ2) is 9.04. The SMILES string of the molecule is CCCC(CC)NC1CCCCCCCC1. The van der Waals surface area contributed by atoms with Crippen molar-refractivity contribution in [2.75, 3.05) is 0 Å². The Bertz CT molecular complexity index is 146. The Hall–Kier alpha value is -0.0400. The van der Waals surface area contributed by atoms with Gasteiger partial charge in [0.15, 0.2) is 0 Å². The van der Waals surface area contributed by atoms with Crippen LogP contribution in [-0.4, -0.2) is 12.1 Å². The van der Waals surface area contributed by atoms with Gasteiger partial charge in [-0.3, -0.25) is 0 Å². The first-order valence-corrected chi connectivity index (χ1v) is 7.62. The van der Waals surface area contributed by atoms with Gasteiger partial charge in [0.2, 0.25) is 0 Å². The lowest BCUT2D eigenvalue weighted by atomic mass is 10.0. The van der Waals surface area contributed by atoms with E-state index in [4.69, 9.17) is 0 Å². The molecule has 0 heterocycles. The van der Waals surface area contributed by atoms with E-state index in [0.717, 1.165) is 12.1 Å². The van der Waals surface area contributed by atoms with Crippen LogP contribution in [0.4, 0.5) is 0 Å². The first kappa shape index (κ1) is 14.0. The third-order valence-corrected chi connectivity index (χ3v) is 3.96. The molecule has 0 spiro atoms. The van der Waals surface area contributed by atoms with E-state index in [1.807, 2.05) is 0 Å². The van der Waals surface area contributed by atoms with E-state index in [0.29, 0.717) is 0 Å². The topological polar surface area (TPSA) is 12.0 Å². The molecule has 1 N–H and O–H groups in total. The molecule has 0 aromatic carbocycles. The van der Waals surface area contributed by atoms with E-state index in [-0.39, 0.29) is 0 Å². The van der Waals surface area contributed by atoms with Gasteiger partial charge in [0.1, 0.15) is 0 Å². The maximum Gasteiger partial charge on any atom is 0.00696 e. The maximum atomic E-state index is 3.90. The molecule has 1 atom stereocenters. The Kier molecular flexibility index (Phi) is 7.92. The molecule has 1 fully saturated rings. The van der Waals surface area contributed by atoms with Crippen LogP contribution in [0.1, 0.15) is 84.5 Å². The lowest BCUT2D eigenvalue weighted by molar-refractivity contribution is 0.356. The Morgan fingerprint density at radius 3 is 2.00 bits per heavy atom. The van der Waals surface area contributed by atoms with E-state index in [1.165, 1.54) is 70.6 Å². The molecule has 1 saturated carbocycles. The van der Waals surface area contributed by atoms with Gasteiger partial charge in [-0.05, 0) is 25.7 Å². The molecule has 1 aliphatic carbocycles. The molecule has 1 aliphatic rings. The van der Waals surface area contributed by atoms with Crippen LogP contribution in [-0.2, 0) is 0 Å². The Balaban J connectivity index is 2.29. The van der Waals surface area contributed by atoms with Gasteiger partial charge in [-0.25, -0.2) is 0 Å². The first-order valence-electron chi connectivity index (χ1n) is 7.62. The van der Waals surface area contributed by atoms with Gasteiger partial charge in [0, 0.05) is 12.1 Å². The Morgan fingerprint density at radius 2 is 1.50 bits per heavy atom. The lowest BCUT2D eigenvalue weighted by Gasteiger charge is -2.24. The summed E-state index contributed by atoms with van der Waals surface area (Å²) in [5.74, 6) is 0. The minimum Gasteiger partial charge on any atom is -0.311 e. The minimum absolute atomic E-state index is 0.774. The second-order valence-electron chi connectivity index (χ2n) is 5.46. The first-order chi connectivity index (χ1) is 7.86. The highest BCUT2D eigenvalue weighted by atomic mass is 14.9. The van der Waals surface area contributed by atoms with E-state index in [9.17, 15) is 0 Å². The molecular formula is C15H31N. The molecule has 16 heavy (non-hydrogen) atoms. The van der Waals surface area contributed by atoms with Crippen molar-refractivity contribution in [3.8, 4) is 0 Å². The van der Waals surface area contributed by atoms with Crippen molar-refractivity contribution >= 4 is 0 Å². The quantitative estimate of drug-likeness (QED) is 0.717. The summed E-state index contributed by atoms with van der Waals surface area (Å²) in [6, 6.07) is 1.59. The predicted octanol–water partition coefficient (Wildman–Crippen LogP) is 4.66. The summed E-state index contributed by atoms with van der Waals surface area (Å²) < 4.78 is 0. The average Bonchev–Trinajstić information content (AvgIpc) is 2.42. The molecule has 0 radical (unpaired) electrons. The zero-order chi connectivity index (χ0) is 11.6. The molecule has 0 aromatic heterocycles. The van der Waals surface area contributed by atoms with Crippen LogP contribution in [0, 0.1) is 0 Å². The van der Waals surface area contributed by atoms with Crippen LogP contribution < -0.4 is 5.32 Å². The highest BCUT2D eigenvalue weighted by Gasteiger charge is 2.14. The molecule has 1 unspecified atom stereocenters. The van der Waals surface area contributed by atoms with Gasteiger partial charge in [0.05, 0.1) is 0 Å². The summed E-state index contributed by atoms with van der Waals surface area (Å²) in [7, 11) is 0. The molecule has 0 saturated heterocycles. The van der Waals surface area contributed by atoms with Gasteiger partial charge in [-0.15, -0.1) is 0 Å². The standard InChI is InChI=1S/C15H31N/c1-3-11-14(4-2)16-15-12-9-7-5-6-8-10-13-15/h14-16H,3-13H2,1-2H3. The molecule has 0 aromatic rings. The van der Waals surface area contributed by atoms with Crippen LogP contribution in [0.2, 0.25) is 0 Å². The van der Waals surface area contributed by atoms with Crippen molar-refractivity contribution in [2.45, 2.75) is 96.6 Å². The largest absolute Gasteiger partial charge is 0.311 e. The summed E-state index contributed by atoms with van der Waals surface area (Å²) >= 11 is 0. The monoisotopic (exact) mass is 225 g/mol. The molecule has 1 nitrogen and oxygen atoms in total. The van der Waals surface area contributed by atoms with E-state index < -0.39 is 0 Å². The lowest BCUT2D eigenvalue weighted by Crippen LogP contribution is -2.37. The average molecular weight is 225 g/mol. The highest BCUT2D eigenvalue weighted by Crippen LogP contribution is 2.18. The van der Waals surface area contributed by atoms with Crippen molar-refractivity contribution in [1.82, 2.24) is 5.32 Å². The van der Waals surface area contributed by atoms with Crippen molar-refractivity contribution in [1.29, 1.82) is 0 Å². The number of hydrogen-bond acceptors (Lipinski definition) is 1. The fraction of sp³-hybridized carbons (Fsp3) is 1.00. The molecule has 0 amide bonds. The third-order valence-electron chi connectivity index (χ3n) is 3.96. The van der Waals surface area contributed by atoms with Crippen LogP contribution in [0.25, 0.3) is 0 Å². The third kappa shape index (κ3) is 5.89. The molecule has 1 heteroatoms. The minimum atomic E-state index is 0.774. The van der Waals surface area contributed by atoms with Gasteiger partial charge >= 0.3 is 0 Å². The molecule has 96 valence electrons. The Morgan fingerprint density at radius 1 is 0.938 bits per heavy atom. The van der Waals surface area contributed by atoms with Gasteiger partial charge in [0.25, 0.3) is 0 Å². The van der Waals surface area contributed by atoms with Gasteiger partial charge < -0.3 is 5.32 Å². The second-order valence-corrected chi connectivity index (χ2v) is 5.46. The van der Waals surface area contributed by atoms with Crippen molar-refractivity contribution < 1.29 is 0 Å². The smallest absolute Gasteiger partial charge is 0.00696 e. The van der Waals surface area contributed by atoms with Gasteiger partial charge in [-0.2, -0.15) is 0 Å². The summed E-state index contributed by atoms with van der Waals surface area (Å²) in [6.45, 7) is 4.62. The van der Waals surface area contributed by atoms with E-state index in [1.54, 1.807) is 0 Å². The van der Waals surface area contributed by atoms with E-state index in [2.05, 4.69) is 19.2 Å². The van der Waals surface area contributed by atoms with E-state index >= 15 is 0 Å². The van der Waals surface area contributed by atoms with Crippen LogP contribution >= 0.6 is 0 Å². The normalized spacial score (nSPS) is 22.1. The number of hydrogen-bond donors (Lipinski definition) is 1. The zero-order valence-electron chi connectivity index (χ0n) is 11.4. The van der Waals surface area contributed by atoms with Crippen molar-refractivity contribution in [3.05, 3.63) is 0 Å². The zero-order valence-corrected chi connectivity index (χ0v) is 11.4. The van der Waals surface area contributed by atoms with Gasteiger partial charge in [-0.1, -0.05) is 58.8 Å².